The molecule has 2 N–H and O–H groups in total. The summed E-state index contributed by atoms with van der Waals surface area (Å²) in [6.45, 7) is 2.33. The Morgan fingerprint density at radius 2 is 2.33 bits per heavy atom. The highest BCUT2D eigenvalue weighted by Crippen LogP contribution is 2.48. The van der Waals surface area contributed by atoms with E-state index in [9.17, 15) is 9.90 Å². The molecule has 15 heavy (non-hydrogen) atoms. The normalized spacial score (nSPS) is 39.9. The molecule has 2 saturated carbocycles. The summed E-state index contributed by atoms with van der Waals surface area (Å²) in [6.07, 6.45) is 6.60. The molecule has 2 aliphatic rings. The highest BCUT2D eigenvalue weighted by atomic mass is 16.3. The predicted molar refractivity (Wildman–Crippen MR) is 58.3 cm³/mol. The Balaban J connectivity index is 2.00. The van der Waals surface area contributed by atoms with Gasteiger partial charge in [0.1, 0.15) is 0 Å². The molecule has 0 heterocycles. The van der Waals surface area contributed by atoms with E-state index in [2.05, 4.69) is 5.32 Å². The fourth-order valence-corrected chi connectivity index (χ4v) is 3.48. The molecule has 0 aromatic carbocycles. The van der Waals surface area contributed by atoms with Crippen LogP contribution >= 0.6 is 0 Å². The maximum atomic E-state index is 11.0. The first-order valence-corrected chi connectivity index (χ1v) is 6.02. The summed E-state index contributed by atoms with van der Waals surface area (Å²) in [5.74, 6) is 0.739. The van der Waals surface area contributed by atoms with Gasteiger partial charge >= 0.3 is 0 Å². The minimum absolute atomic E-state index is 0.0477. The minimum atomic E-state index is -0.141. The van der Waals surface area contributed by atoms with Gasteiger partial charge in [0.25, 0.3) is 0 Å². The first-order chi connectivity index (χ1) is 7.10. The summed E-state index contributed by atoms with van der Waals surface area (Å²) in [5, 5.41) is 12.8. The van der Waals surface area contributed by atoms with E-state index in [-0.39, 0.29) is 17.4 Å². The number of aliphatic hydroxyl groups is 1. The average Bonchev–Trinajstić information content (AvgIpc) is 2.14. The molecular weight excluding hydrogens is 190 g/mol. The molecule has 2 aliphatic carbocycles. The Morgan fingerprint density at radius 1 is 1.53 bits per heavy atom. The van der Waals surface area contributed by atoms with Crippen molar-refractivity contribution >= 4 is 5.91 Å². The van der Waals surface area contributed by atoms with E-state index in [1.54, 1.807) is 6.92 Å². The monoisotopic (exact) mass is 211 g/mol. The lowest BCUT2D eigenvalue weighted by molar-refractivity contribution is -0.120. The van der Waals surface area contributed by atoms with Crippen LogP contribution in [0.5, 0.6) is 0 Å². The van der Waals surface area contributed by atoms with Gasteiger partial charge in [-0.15, -0.1) is 0 Å². The van der Waals surface area contributed by atoms with Crippen LogP contribution in [0, 0.1) is 11.3 Å². The van der Waals surface area contributed by atoms with E-state index < -0.39 is 0 Å². The smallest absolute Gasteiger partial charge is 0.216 e. The highest BCUT2D eigenvalue weighted by Gasteiger charge is 2.42. The maximum Gasteiger partial charge on any atom is 0.216 e. The molecule has 0 aliphatic heterocycles. The zero-order chi connectivity index (χ0) is 10.9. The van der Waals surface area contributed by atoms with Crippen LogP contribution in [0.4, 0.5) is 0 Å². The Labute approximate surface area is 91.2 Å². The molecule has 1 amide bonds. The van der Waals surface area contributed by atoms with Crippen molar-refractivity contribution in [2.45, 2.75) is 51.6 Å². The number of hydrogen-bond acceptors (Lipinski definition) is 2. The molecule has 3 atom stereocenters. The summed E-state index contributed by atoms with van der Waals surface area (Å²) >= 11 is 0. The maximum absolute atomic E-state index is 11.0. The van der Waals surface area contributed by atoms with Crippen molar-refractivity contribution in [3.63, 3.8) is 0 Å². The van der Waals surface area contributed by atoms with E-state index in [1.165, 1.54) is 25.7 Å². The van der Waals surface area contributed by atoms with Crippen molar-refractivity contribution in [2.75, 3.05) is 6.54 Å². The number of rotatable bonds is 2. The number of amides is 1. The third-order valence-corrected chi connectivity index (χ3v) is 4.03. The first-order valence-electron chi connectivity index (χ1n) is 6.02. The zero-order valence-corrected chi connectivity index (χ0v) is 9.46. The SMILES string of the molecule is CC(=O)NCC12CCCC(CC(O)C1)C2. The molecule has 3 unspecified atom stereocenters. The zero-order valence-electron chi connectivity index (χ0n) is 9.46. The number of aliphatic hydroxyl groups excluding tert-OH is 1. The van der Waals surface area contributed by atoms with E-state index in [4.69, 9.17) is 0 Å². The molecule has 0 aromatic heterocycles. The van der Waals surface area contributed by atoms with Gasteiger partial charge in [-0.1, -0.05) is 12.8 Å². The minimum Gasteiger partial charge on any atom is -0.393 e. The Morgan fingerprint density at radius 3 is 3.07 bits per heavy atom. The Bertz CT molecular complexity index is 250. The van der Waals surface area contributed by atoms with Gasteiger partial charge in [0.2, 0.25) is 5.91 Å². The Hall–Kier alpha value is -0.570. The van der Waals surface area contributed by atoms with E-state index >= 15 is 0 Å². The molecule has 0 saturated heterocycles. The third-order valence-electron chi connectivity index (χ3n) is 4.03. The van der Waals surface area contributed by atoms with Gasteiger partial charge in [0.15, 0.2) is 0 Å². The second kappa shape index (κ2) is 4.12. The molecule has 2 rings (SSSR count). The molecule has 0 spiro atoms. The molecule has 2 fully saturated rings. The molecular formula is C12H21NO2. The molecule has 86 valence electrons. The van der Waals surface area contributed by atoms with Gasteiger partial charge in [0, 0.05) is 13.5 Å². The number of carbonyl (C=O) groups is 1. The standard InChI is InChI=1S/C12H21NO2/c1-9(14)13-8-12-4-2-3-10(6-12)5-11(15)7-12/h10-11,15H,2-8H2,1H3,(H,13,14). The lowest BCUT2D eigenvalue weighted by atomic mass is 9.61. The number of fused-ring (bicyclic) bond motifs is 2. The van der Waals surface area contributed by atoms with Gasteiger partial charge in [0.05, 0.1) is 6.10 Å². The van der Waals surface area contributed by atoms with Crippen LogP contribution in [-0.2, 0) is 4.79 Å². The van der Waals surface area contributed by atoms with Crippen molar-refractivity contribution in [1.82, 2.24) is 5.32 Å². The van der Waals surface area contributed by atoms with Crippen molar-refractivity contribution in [2.24, 2.45) is 11.3 Å². The van der Waals surface area contributed by atoms with Gasteiger partial charge < -0.3 is 10.4 Å². The summed E-state index contributed by atoms with van der Waals surface area (Å²) < 4.78 is 0. The van der Waals surface area contributed by atoms with E-state index in [0.717, 1.165) is 19.4 Å². The molecule has 3 nitrogen and oxygen atoms in total. The van der Waals surface area contributed by atoms with Crippen molar-refractivity contribution in [1.29, 1.82) is 0 Å². The lowest BCUT2D eigenvalue weighted by Gasteiger charge is -2.47. The van der Waals surface area contributed by atoms with Crippen molar-refractivity contribution in [3.05, 3.63) is 0 Å². The summed E-state index contributed by atoms with van der Waals surface area (Å²) in [7, 11) is 0. The molecule has 3 heteroatoms. The quantitative estimate of drug-likeness (QED) is 0.726. The van der Waals surface area contributed by atoms with Gasteiger partial charge in [-0.3, -0.25) is 4.79 Å². The van der Waals surface area contributed by atoms with Crippen molar-refractivity contribution < 1.29 is 9.90 Å². The molecule has 0 aromatic rings. The fraction of sp³-hybridized carbons (Fsp3) is 0.917. The van der Waals surface area contributed by atoms with Crippen LogP contribution in [0.2, 0.25) is 0 Å². The van der Waals surface area contributed by atoms with Crippen LogP contribution in [0.3, 0.4) is 0 Å². The lowest BCUT2D eigenvalue weighted by Crippen LogP contribution is -2.46. The first kappa shape index (κ1) is 10.9. The van der Waals surface area contributed by atoms with Crippen LogP contribution in [0.25, 0.3) is 0 Å². The number of nitrogens with one attached hydrogen (secondary N) is 1. The predicted octanol–water partition coefficient (Wildman–Crippen LogP) is 1.45. The fourth-order valence-electron chi connectivity index (χ4n) is 3.48. The summed E-state index contributed by atoms with van der Waals surface area (Å²) in [6, 6.07) is 0. The second-order valence-corrected chi connectivity index (χ2v) is 5.47. The van der Waals surface area contributed by atoms with Crippen LogP contribution < -0.4 is 5.32 Å². The molecule has 0 radical (unpaired) electrons. The van der Waals surface area contributed by atoms with Crippen molar-refractivity contribution in [3.8, 4) is 0 Å². The third kappa shape index (κ3) is 2.51. The van der Waals surface area contributed by atoms with Gasteiger partial charge in [-0.05, 0) is 37.0 Å². The van der Waals surface area contributed by atoms with Crippen LogP contribution in [0.1, 0.15) is 45.4 Å². The van der Waals surface area contributed by atoms with Gasteiger partial charge in [-0.2, -0.15) is 0 Å². The molecule has 2 bridgehead atoms. The van der Waals surface area contributed by atoms with E-state index in [1.807, 2.05) is 0 Å². The largest absolute Gasteiger partial charge is 0.393 e. The van der Waals surface area contributed by atoms with Crippen LogP contribution in [-0.4, -0.2) is 23.7 Å². The topological polar surface area (TPSA) is 49.3 Å². The highest BCUT2D eigenvalue weighted by molar-refractivity contribution is 5.72. The number of carbonyl (C=O) groups excluding carboxylic acids is 1. The second-order valence-electron chi connectivity index (χ2n) is 5.47. The average molecular weight is 211 g/mol. The summed E-state index contributed by atoms with van der Waals surface area (Å²) in [5.41, 5.74) is 0.201. The Kier molecular flexibility index (Phi) is 3.01. The number of hydrogen-bond donors (Lipinski definition) is 2. The van der Waals surface area contributed by atoms with Crippen LogP contribution in [0.15, 0.2) is 0 Å². The van der Waals surface area contributed by atoms with E-state index in [0.29, 0.717) is 5.92 Å². The van der Waals surface area contributed by atoms with Gasteiger partial charge in [-0.25, -0.2) is 0 Å². The summed E-state index contributed by atoms with van der Waals surface area (Å²) in [4.78, 5) is 11.0.